The molecule has 1 aliphatic heterocycles. The third-order valence-corrected chi connectivity index (χ3v) is 4.04. The van der Waals surface area contributed by atoms with Gasteiger partial charge in [-0.1, -0.05) is 12.1 Å². The molecule has 1 unspecified atom stereocenters. The Labute approximate surface area is 129 Å². The van der Waals surface area contributed by atoms with Crippen LogP contribution in [0.4, 0.5) is 0 Å². The minimum Gasteiger partial charge on any atom is -0.478 e. The Morgan fingerprint density at radius 3 is 2.95 bits per heavy atom. The van der Waals surface area contributed by atoms with Crippen molar-refractivity contribution in [2.45, 2.75) is 19.3 Å². The lowest BCUT2D eigenvalue weighted by molar-refractivity contribution is 0.0697. The molecule has 1 atom stereocenters. The zero-order valence-corrected chi connectivity index (χ0v) is 12.3. The van der Waals surface area contributed by atoms with Crippen molar-refractivity contribution in [3.05, 3.63) is 47.9 Å². The van der Waals surface area contributed by atoms with Crippen LogP contribution in [0.2, 0.25) is 0 Å². The van der Waals surface area contributed by atoms with Crippen LogP contribution in [0.5, 0.6) is 0 Å². The van der Waals surface area contributed by atoms with E-state index in [2.05, 4.69) is 15.3 Å². The first kappa shape index (κ1) is 14.7. The van der Waals surface area contributed by atoms with E-state index in [1.165, 1.54) is 12.8 Å². The number of carboxylic acids is 1. The summed E-state index contributed by atoms with van der Waals surface area (Å²) >= 11 is 0. The number of hydrogen-bond donors (Lipinski definition) is 2. The summed E-state index contributed by atoms with van der Waals surface area (Å²) in [6.45, 7) is 2.09. The topological polar surface area (TPSA) is 75.1 Å². The van der Waals surface area contributed by atoms with Gasteiger partial charge in [0, 0.05) is 18.0 Å². The molecule has 0 amide bonds. The number of carboxylic acid groups (broad SMARTS) is 1. The third-order valence-electron chi connectivity index (χ3n) is 4.04. The Morgan fingerprint density at radius 1 is 1.32 bits per heavy atom. The second-order valence-corrected chi connectivity index (χ2v) is 5.65. The smallest absolute Gasteiger partial charge is 0.335 e. The highest BCUT2D eigenvalue weighted by Gasteiger charge is 2.17. The molecule has 2 N–H and O–H groups in total. The minimum atomic E-state index is -0.927. The van der Waals surface area contributed by atoms with E-state index in [0.29, 0.717) is 5.92 Å². The first-order valence-corrected chi connectivity index (χ1v) is 7.58. The Morgan fingerprint density at radius 2 is 2.18 bits per heavy atom. The number of nitrogens with zero attached hydrogens (tertiary/aromatic N) is 2. The number of nitrogens with one attached hydrogen (secondary N) is 1. The molecule has 22 heavy (non-hydrogen) atoms. The highest BCUT2D eigenvalue weighted by atomic mass is 16.4. The monoisotopic (exact) mass is 297 g/mol. The van der Waals surface area contributed by atoms with Crippen LogP contribution in [0.25, 0.3) is 11.3 Å². The van der Waals surface area contributed by atoms with Gasteiger partial charge in [0.05, 0.1) is 17.0 Å². The Kier molecular flexibility index (Phi) is 4.44. The molecule has 1 aliphatic rings. The van der Waals surface area contributed by atoms with Gasteiger partial charge < -0.3 is 10.4 Å². The number of benzene rings is 1. The number of aromatic carboxylic acids is 1. The van der Waals surface area contributed by atoms with Crippen molar-refractivity contribution in [2.75, 3.05) is 13.1 Å². The largest absolute Gasteiger partial charge is 0.478 e. The van der Waals surface area contributed by atoms with E-state index in [-0.39, 0.29) is 5.56 Å². The van der Waals surface area contributed by atoms with Gasteiger partial charge in [-0.15, -0.1) is 0 Å². The van der Waals surface area contributed by atoms with Crippen molar-refractivity contribution in [2.24, 2.45) is 5.92 Å². The van der Waals surface area contributed by atoms with Crippen molar-refractivity contribution < 1.29 is 9.90 Å². The molecule has 1 aromatic carbocycles. The molecule has 0 radical (unpaired) electrons. The Bertz CT molecular complexity index is 666. The standard InChI is InChI=1S/C17H19N3O2/c21-17(22)14-5-1-4-13(10-14)16-15(19-7-8-20-16)9-12-3-2-6-18-11-12/h1,4-5,7-8,10,12,18H,2-3,6,9,11H2,(H,21,22). The zero-order chi connectivity index (χ0) is 15.4. The van der Waals surface area contributed by atoms with Gasteiger partial charge in [0.15, 0.2) is 0 Å². The average molecular weight is 297 g/mol. The van der Waals surface area contributed by atoms with Gasteiger partial charge in [-0.25, -0.2) is 4.79 Å². The van der Waals surface area contributed by atoms with Crippen molar-refractivity contribution >= 4 is 5.97 Å². The lowest BCUT2D eigenvalue weighted by atomic mass is 9.92. The number of hydrogen-bond acceptors (Lipinski definition) is 4. The fraction of sp³-hybridized carbons (Fsp3) is 0.353. The molecule has 114 valence electrons. The van der Waals surface area contributed by atoms with E-state index in [0.717, 1.165) is 36.5 Å². The SMILES string of the molecule is O=C(O)c1cccc(-c2nccnc2CC2CCCNC2)c1. The van der Waals surface area contributed by atoms with Gasteiger partial charge >= 0.3 is 5.97 Å². The molecule has 5 heteroatoms. The maximum atomic E-state index is 11.1. The van der Waals surface area contributed by atoms with Crippen molar-refractivity contribution in [1.82, 2.24) is 15.3 Å². The van der Waals surface area contributed by atoms with Crippen molar-refractivity contribution in [1.29, 1.82) is 0 Å². The van der Waals surface area contributed by atoms with Gasteiger partial charge in [0.2, 0.25) is 0 Å². The summed E-state index contributed by atoms with van der Waals surface area (Å²) in [6, 6.07) is 6.89. The second kappa shape index (κ2) is 6.66. The van der Waals surface area contributed by atoms with Crippen LogP contribution in [0, 0.1) is 5.92 Å². The average Bonchev–Trinajstić information content (AvgIpc) is 2.56. The molecule has 1 aromatic heterocycles. The van der Waals surface area contributed by atoms with Crippen molar-refractivity contribution in [3.8, 4) is 11.3 Å². The molecule has 0 spiro atoms. The summed E-state index contributed by atoms with van der Waals surface area (Å²) in [4.78, 5) is 20.1. The maximum Gasteiger partial charge on any atom is 0.335 e. The number of carbonyl (C=O) groups is 1. The van der Waals surface area contributed by atoms with E-state index in [1.54, 1.807) is 30.6 Å². The van der Waals surface area contributed by atoms with Crippen LogP contribution in [0.15, 0.2) is 36.7 Å². The van der Waals surface area contributed by atoms with Gasteiger partial charge in [-0.3, -0.25) is 9.97 Å². The van der Waals surface area contributed by atoms with Gasteiger partial charge in [-0.05, 0) is 50.4 Å². The van der Waals surface area contributed by atoms with E-state index < -0.39 is 5.97 Å². The van der Waals surface area contributed by atoms with Crippen LogP contribution >= 0.6 is 0 Å². The van der Waals surface area contributed by atoms with Crippen LogP contribution in [-0.4, -0.2) is 34.1 Å². The highest BCUT2D eigenvalue weighted by Crippen LogP contribution is 2.24. The van der Waals surface area contributed by atoms with Crippen molar-refractivity contribution in [3.63, 3.8) is 0 Å². The molecule has 0 aliphatic carbocycles. The summed E-state index contributed by atoms with van der Waals surface area (Å²) in [5.74, 6) is -0.365. The normalized spacial score (nSPS) is 18.1. The molecule has 2 heterocycles. The zero-order valence-electron chi connectivity index (χ0n) is 12.3. The molecule has 0 bridgehead atoms. The molecule has 5 nitrogen and oxygen atoms in total. The molecule has 3 rings (SSSR count). The van der Waals surface area contributed by atoms with Crippen LogP contribution in [0.1, 0.15) is 28.9 Å². The molecule has 1 fully saturated rings. The first-order chi connectivity index (χ1) is 10.7. The maximum absolute atomic E-state index is 11.1. The highest BCUT2D eigenvalue weighted by molar-refractivity contribution is 5.89. The summed E-state index contributed by atoms with van der Waals surface area (Å²) < 4.78 is 0. The lowest BCUT2D eigenvalue weighted by Crippen LogP contribution is -2.31. The molecule has 1 saturated heterocycles. The van der Waals surface area contributed by atoms with E-state index in [9.17, 15) is 4.79 Å². The molecule has 2 aromatic rings. The number of rotatable bonds is 4. The fourth-order valence-electron chi connectivity index (χ4n) is 2.93. The van der Waals surface area contributed by atoms with Crippen LogP contribution < -0.4 is 5.32 Å². The van der Waals surface area contributed by atoms with Gasteiger partial charge in [-0.2, -0.15) is 0 Å². The minimum absolute atomic E-state index is 0.272. The van der Waals surface area contributed by atoms with Gasteiger partial charge in [0.1, 0.15) is 0 Å². The number of piperidine rings is 1. The molecular weight excluding hydrogens is 278 g/mol. The van der Waals surface area contributed by atoms with E-state index in [1.807, 2.05) is 6.07 Å². The summed E-state index contributed by atoms with van der Waals surface area (Å²) in [5, 5.41) is 12.6. The fourth-order valence-corrected chi connectivity index (χ4v) is 2.93. The van der Waals surface area contributed by atoms with Gasteiger partial charge in [0.25, 0.3) is 0 Å². The molecular formula is C17H19N3O2. The summed E-state index contributed by atoms with van der Waals surface area (Å²) in [6.07, 6.45) is 6.61. The van der Waals surface area contributed by atoms with E-state index >= 15 is 0 Å². The van der Waals surface area contributed by atoms with Crippen LogP contribution in [-0.2, 0) is 6.42 Å². The third kappa shape index (κ3) is 3.31. The second-order valence-electron chi connectivity index (χ2n) is 5.65. The van der Waals surface area contributed by atoms with Crippen LogP contribution in [0.3, 0.4) is 0 Å². The predicted molar refractivity (Wildman–Crippen MR) is 83.7 cm³/mol. The molecule has 0 saturated carbocycles. The summed E-state index contributed by atoms with van der Waals surface area (Å²) in [7, 11) is 0. The predicted octanol–water partition coefficient (Wildman–Crippen LogP) is 2.38. The first-order valence-electron chi connectivity index (χ1n) is 7.58. The Hall–Kier alpha value is -2.27. The summed E-state index contributed by atoms with van der Waals surface area (Å²) in [5.41, 5.74) is 2.81. The lowest BCUT2D eigenvalue weighted by Gasteiger charge is -2.23. The number of aromatic nitrogens is 2. The Balaban J connectivity index is 1.90. The quantitative estimate of drug-likeness (QED) is 0.906. The van der Waals surface area contributed by atoms with E-state index in [4.69, 9.17) is 5.11 Å².